The normalized spacial score (nSPS) is 12.1. The molecule has 0 amide bonds. The fraction of sp³-hybridized carbons (Fsp3) is 0. The molecule has 0 aromatic heterocycles. The van der Waals surface area contributed by atoms with Gasteiger partial charge in [-0.25, -0.2) is 0 Å². The summed E-state index contributed by atoms with van der Waals surface area (Å²) in [6.07, 6.45) is 0. The molecule has 0 spiro atoms. The highest BCUT2D eigenvalue weighted by molar-refractivity contribution is 6.14. The molecule has 0 saturated carbocycles. The number of hydrogen-bond acceptors (Lipinski definition) is 2. The third-order valence-corrected chi connectivity index (χ3v) is 5.31. The van der Waals surface area contributed by atoms with E-state index < -0.39 is 0 Å². The summed E-state index contributed by atoms with van der Waals surface area (Å²) < 4.78 is 12.8. The Kier molecular flexibility index (Phi) is 3.20. The highest BCUT2D eigenvalue weighted by atomic mass is 16.6. The molecule has 1 aliphatic heterocycles. The van der Waals surface area contributed by atoms with Crippen molar-refractivity contribution in [3.8, 4) is 34.1 Å². The van der Waals surface area contributed by atoms with Crippen molar-refractivity contribution in [1.82, 2.24) is 0 Å². The standard InChI is InChI=1S/C26H16O2/c1-2-8-17(9-3-1)18-14-15-23-24(16-18)28-26-22-13-7-5-11-20(22)19-10-4-6-12-21(19)25(26)27-23/h1-16H. The van der Waals surface area contributed by atoms with Crippen LogP contribution in [0.25, 0.3) is 32.7 Å². The first-order valence-corrected chi connectivity index (χ1v) is 9.37. The van der Waals surface area contributed by atoms with Gasteiger partial charge in [-0.15, -0.1) is 0 Å². The van der Waals surface area contributed by atoms with E-state index in [1.807, 2.05) is 36.4 Å². The minimum atomic E-state index is 0.743. The second-order valence-electron chi connectivity index (χ2n) is 6.98. The third-order valence-electron chi connectivity index (χ3n) is 5.31. The minimum Gasteiger partial charge on any atom is -0.449 e. The molecule has 28 heavy (non-hydrogen) atoms. The Bertz CT molecular complexity index is 1350. The zero-order chi connectivity index (χ0) is 18.5. The van der Waals surface area contributed by atoms with Crippen molar-refractivity contribution < 1.29 is 9.47 Å². The van der Waals surface area contributed by atoms with Crippen molar-refractivity contribution in [2.24, 2.45) is 0 Å². The molecule has 6 rings (SSSR count). The van der Waals surface area contributed by atoms with E-state index >= 15 is 0 Å². The van der Waals surface area contributed by atoms with E-state index in [1.165, 1.54) is 10.8 Å². The monoisotopic (exact) mass is 360 g/mol. The Morgan fingerprint density at radius 3 is 1.57 bits per heavy atom. The zero-order valence-electron chi connectivity index (χ0n) is 15.1. The first kappa shape index (κ1) is 15.3. The summed E-state index contributed by atoms with van der Waals surface area (Å²) >= 11 is 0. The van der Waals surface area contributed by atoms with Crippen LogP contribution >= 0.6 is 0 Å². The summed E-state index contributed by atoms with van der Waals surface area (Å²) in [4.78, 5) is 0. The van der Waals surface area contributed by atoms with Crippen molar-refractivity contribution in [3.05, 3.63) is 97.1 Å². The number of fused-ring (bicyclic) bond motifs is 7. The summed E-state index contributed by atoms with van der Waals surface area (Å²) in [5.41, 5.74) is 2.26. The predicted molar refractivity (Wildman–Crippen MR) is 113 cm³/mol. The molecule has 0 aliphatic carbocycles. The van der Waals surface area contributed by atoms with Gasteiger partial charge in [-0.1, -0.05) is 84.9 Å². The van der Waals surface area contributed by atoms with E-state index in [9.17, 15) is 0 Å². The van der Waals surface area contributed by atoms with E-state index in [0.717, 1.165) is 44.9 Å². The van der Waals surface area contributed by atoms with Gasteiger partial charge >= 0.3 is 0 Å². The van der Waals surface area contributed by atoms with Crippen molar-refractivity contribution in [3.63, 3.8) is 0 Å². The number of rotatable bonds is 1. The van der Waals surface area contributed by atoms with Crippen molar-refractivity contribution >= 4 is 21.5 Å². The van der Waals surface area contributed by atoms with Crippen LogP contribution in [0.3, 0.4) is 0 Å². The summed E-state index contributed by atoms with van der Waals surface area (Å²) in [7, 11) is 0. The largest absolute Gasteiger partial charge is 0.449 e. The van der Waals surface area contributed by atoms with Crippen LogP contribution in [-0.2, 0) is 0 Å². The van der Waals surface area contributed by atoms with Crippen molar-refractivity contribution in [2.45, 2.75) is 0 Å². The van der Waals surface area contributed by atoms with Gasteiger partial charge in [-0.2, -0.15) is 0 Å². The molecule has 5 aromatic rings. The summed E-state index contributed by atoms with van der Waals surface area (Å²) in [5.74, 6) is 3.06. The first-order chi connectivity index (χ1) is 13.9. The summed E-state index contributed by atoms with van der Waals surface area (Å²) in [6.45, 7) is 0. The van der Waals surface area contributed by atoms with Crippen LogP contribution in [0.15, 0.2) is 97.1 Å². The molecule has 2 nitrogen and oxygen atoms in total. The van der Waals surface area contributed by atoms with Crippen LogP contribution in [0.5, 0.6) is 23.0 Å². The van der Waals surface area contributed by atoms with Gasteiger partial charge in [0, 0.05) is 10.8 Å². The highest BCUT2D eigenvalue weighted by Crippen LogP contribution is 2.53. The third kappa shape index (κ3) is 2.21. The summed E-state index contributed by atoms with van der Waals surface area (Å²) in [6, 6.07) is 33.1. The second-order valence-corrected chi connectivity index (χ2v) is 6.98. The Morgan fingerprint density at radius 1 is 0.393 bits per heavy atom. The highest BCUT2D eigenvalue weighted by Gasteiger charge is 2.24. The zero-order valence-corrected chi connectivity index (χ0v) is 15.1. The maximum Gasteiger partial charge on any atom is 0.178 e. The lowest BCUT2D eigenvalue weighted by Gasteiger charge is -2.24. The van der Waals surface area contributed by atoms with Crippen LogP contribution < -0.4 is 9.47 Å². The van der Waals surface area contributed by atoms with Crippen LogP contribution in [0.2, 0.25) is 0 Å². The van der Waals surface area contributed by atoms with E-state index in [4.69, 9.17) is 9.47 Å². The molecule has 5 aromatic carbocycles. The van der Waals surface area contributed by atoms with E-state index in [-0.39, 0.29) is 0 Å². The lowest BCUT2D eigenvalue weighted by Crippen LogP contribution is -2.01. The number of hydrogen-bond donors (Lipinski definition) is 0. The SMILES string of the molecule is c1ccc(-c2ccc3c(c2)Oc2c(c4ccccc4c4ccccc24)O3)cc1. The quantitative estimate of drug-likeness (QED) is 0.282. The lowest BCUT2D eigenvalue weighted by molar-refractivity contribution is 0.367. The smallest absolute Gasteiger partial charge is 0.178 e. The fourth-order valence-electron chi connectivity index (χ4n) is 3.98. The van der Waals surface area contributed by atoms with Crippen LogP contribution in [-0.4, -0.2) is 0 Å². The molecule has 0 fully saturated rings. The van der Waals surface area contributed by atoms with Gasteiger partial charge in [-0.05, 0) is 34.0 Å². The van der Waals surface area contributed by atoms with E-state index in [2.05, 4.69) is 60.7 Å². The Morgan fingerprint density at radius 2 is 0.929 bits per heavy atom. The van der Waals surface area contributed by atoms with E-state index in [1.54, 1.807) is 0 Å². The van der Waals surface area contributed by atoms with Gasteiger partial charge in [0.2, 0.25) is 0 Å². The van der Waals surface area contributed by atoms with Gasteiger partial charge in [-0.3, -0.25) is 0 Å². The van der Waals surface area contributed by atoms with Gasteiger partial charge in [0.1, 0.15) is 0 Å². The summed E-state index contributed by atoms with van der Waals surface area (Å²) in [5, 5.41) is 4.47. The minimum absolute atomic E-state index is 0.743. The fourth-order valence-corrected chi connectivity index (χ4v) is 3.98. The van der Waals surface area contributed by atoms with Crippen molar-refractivity contribution in [2.75, 3.05) is 0 Å². The molecule has 0 saturated heterocycles. The Hall–Kier alpha value is -3.78. The average Bonchev–Trinajstić information content (AvgIpc) is 2.78. The van der Waals surface area contributed by atoms with Crippen LogP contribution in [0, 0.1) is 0 Å². The first-order valence-electron chi connectivity index (χ1n) is 9.37. The van der Waals surface area contributed by atoms with Crippen LogP contribution in [0.1, 0.15) is 0 Å². The molecule has 0 bridgehead atoms. The number of benzene rings is 5. The molecule has 0 radical (unpaired) electrons. The average molecular weight is 360 g/mol. The topological polar surface area (TPSA) is 18.5 Å². The molecule has 1 heterocycles. The van der Waals surface area contributed by atoms with Gasteiger partial charge in [0.25, 0.3) is 0 Å². The Labute approximate surface area is 162 Å². The molecule has 0 atom stereocenters. The maximum atomic E-state index is 6.44. The van der Waals surface area contributed by atoms with Gasteiger partial charge in [0.05, 0.1) is 0 Å². The second kappa shape index (κ2) is 5.86. The maximum absolute atomic E-state index is 6.44. The molecule has 0 unspecified atom stereocenters. The Balaban J connectivity index is 1.58. The molecule has 2 heteroatoms. The van der Waals surface area contributed by atoms with Gasteiger partial charge in [0.15, 0.2) is 23.0 Å². The molecule has 132 valence electrons. The molecule has 0 N–H and O–H groups in total. The predicted octanol–water partition coefficient (Wildman–Crippen LogP) is 7.56. The van der Waals surface area contributed by atoms with Crippen molar-refractivity contribution in [1.29, 1.82) is 0 Å². The number of ether oxygens (including phenoxy) is 2. The molecular weight excluding hydrogens is 344 g/mol. The van der Waals surface area contributed by atoms with Crippen LogP contribution in [0.4, 0.5) is 0 Å². The van der Waals surface area contributed by atoms with Gasteiger partial charge < -0.3 is 9.47 Å². The lowest BCUT2D eigenvalue weighted by atomic mass is 9.99. The van der Waals surface area contributed by atoms with E-state index in [0.29, 0.717) is 0 Å². The molecule has 1 aliphatic rings. The molecular formula is C26H16O2.